The third-order valence-electron chi connectivity index (χ3n) is 8.94. The molecule has 39 heavy (non-hydrogen) atoms. The molecule has 5 atom stereocenters. The van der Waals surface area contributed by atoms with Crippen LogP contribution in [-0.2, 0) is 25.4 Å². The average Bonchev–Trinajstić information content (AvgIpc) is 3.15. The first-order valence-corrected chi connectivity index (χ1v) is 13.6. The number of likely N-dealkylation sites (tertiary alicyclic amines) is 1. The van der Waals surface area contributed by atoms with Crippen LogP contribution in [-0.4, -0.2) is 53.5 Å². The highest BCUT2D eigenvalue weighted by Gasteiger charge is 2.69. The first kappa shape index (κ1) is 29.1. The Bertz CT molecular complexity index is 1140. The summed E-state index contributed by atoms with van der Waals surface area (Å²) < 4.78 is 39.9. The van der Waals surface area contributed by atoms with Gasteiger partial charge in [-0.25, -0.2) is 0 Å². The summed E-state index contributed by atoms with van der Waals surface area (Å²) in [5.74, 6) is -1.30. The first-order valence-electron chi connectivity index (χ1n) is 13.6. The zero-order chi connectivity index (χ0) is 28.9. The highest BCUT2D eigenvalue weighted by molar-refractivity contribution is 6.28. The van der Waals surface area contributed by atoms with Crippen molar-refractivity contribution in [2.24, 2.45) is 28.6 Å². The van der Waals surface area contributed by atoms with Crippen LogP contribution in [0.2, 0.25) is 0 Å². The van der Waals surface area contributed by atoms with E-state index in [9.17, 15) is 32.3 Å². The topological polar surface area (TPSA) is 95.6 Å². The highest BCUT2D eigenvalue weighted by atomic mass is 19.4. The van der Waals surface area contributed by atoms with Crippen molar-refractivity contribution in [2.45, 2.75) is 84.6 Å². The number of Topliss-reactive ketones (excluding diaryl/α,β-unsaturated/α-hetero) is 1. The number of ketones is 1. The molecule has 1 unspecified atom stereocenters. The van der Waals surface area contributed by atoms with Gasteiger partial charge in [-0.3, -0.25) is 19.2 Å². The molecule has 1 aliphatic heterocycles. The van der Waals surface area contributed by atoms with Crippen molar-refractivity contribution in [3.63, 3.8) is 0 Å². The molecule has 1 aromatic rings. The van der Waals surface area contributed by atoms with Crippen LogP contribution in [0.5, 0.6) is 0 Å². The molecule has 0 spiro atoms. The largest absolute Gasteiger partial charge is 0.416 e. The fourth-order valence-electron chi connectivity index (χ4n) is 6.23. The van der Waals surface area contributed by atoms with E-state index in [-0.39, 0.29) is 41.0 Å². The van der Waals surface area contributed by atoms with Crippen LogP contribution < -0.4 is 10.6 Å². The molecule has 0 bridgehead atoms. The van der Waals surface area contributed by atoms with Crippen LogP contribution in [0.1, 0.15) is 65.9 Å². The second-order valence-corrected chi connectivity index (χ2v) is 13.0. The quantitative estimate of drug-likeness (QED) is 0.350. The standard InChI is InChI=1S/C29H38F3N3O4/c1-27(2,3)24(33-18-11-7-10-17(13-18)29(30,31)32)26(39)35-14-19-22(28(19,4)5)23(35)25(38)34-20(21(37)15-36)12-16-8-6-9-16/h7,10-11,13,15-16,19-20,22-24,33H,6,8-9,12,14H2,1-5H3,(H,34,38)/t19-,20?,22-,23-,24+/m0/s1. The maximum absolute atomic E-state index is 14.0. The Morgan fingerprint density at radius 3 is 2.36 bits per heavy atom. The smallest absolute Gasteiger partial charge is 0.373 e. The number of aldehydes is 1. The Morgan fingerprint density at radius 1 is 1.15 bits per heavy atom. The number of benzene rings is 1. The number of piperidine rings is 1. The number of anilines is 1. The number of rotatable bonds is 9. The minimum absolute atomic E-state index is 0.0817. The van der Waals surface area contributed by atoms with Crippen LogP contribution in [0.25, 0.3) is 0 Å². The van der Waals surface area contributed by atoms with Gasteiger partial charge in [0, 0.05) is 12.2 Å². The Morgan fingerprint density at radius 2 is 1.82 bits per heavy atom. The SMILES string of the molecule is CC(C)(C)[C@H](Nc1cccc(C(F)(F)F)c1)C(=O)N1C[C@H]2[C@@H]([C@H]1C(=O)NC(CC1CCC1)C(=O)C=O)C2(C)C. The molecule has 1 aromatic carbocycles. The third kappa shape index (κ3) is 5.84. The van der Waals surface area contributed by atoms with Crippen molar-refractivity contribution >= 4 is 29.6 Å². The van der Waals surface area contributed by atoms with E-state index < -0.39 is 47.0 Å². The number of hydrogen-bond acceptors (Lipinski definition) is 5. The molecule has 1 saturated heterocycles. The van der Waals surface area contributed by atoms with Gasteiger partial charge in [-0.1, -0.05) is 59.9 Å². The number of amides is 2. The van der Waals surface area contributed by atoms with Crippen molar-refractivity contribution in [3.05, 3.63) is 29.8 Å². The average molecular weight is 550 g/mol. The monoisotopic (exact) mass is 549 g/mol. The minimum atomic E-state index is -4.53. The summed E-state index contributed by atoms with van der Waals surface area (Å²) in [5, 5.41) is 5.78. The molecular formula is C29H38F3N3O4. The molecule has 2 saturated carbocycles. The molecule has 0 aromatic heterocycles. The van der Waals surface area contributed by atoms with E-state index in [0.717, 1.165) is 31.4 Å². The van der Waals surface area contributed by atoms with Crippen molar-refractivity contribution in [1.29, 1.82) is 0 Å². The molecule has 3 aliphatic rings. The Labute approximate surface area is 227 Å². The van der Waals surface area contributed by atoms with Crippen LogP contribution >= 0.6 is 0 Å². The zero-order valence-corrected chi connectivity index (χ0v) is 23.1. The van der Waals surface area contributed by atoms with Gasteiger partial charge in [0.15, 0.2) is 6.29 Å². The predicted octanol–water partition coefficient (Wildman–Crippen LogP) is 4.46. The summed E-state index contributed by atoms with van der Waals surface area (Å²) in [6.07, 6.45) is -0.963. The fourth-order valence-corrected chi connectivity index (χ4v) is 6.23. The van der Waals surface area contributed by atoms with Crippen molar-refractivity contribution in [1.82, 2.24) is 10.2 Å². The first-order chi connectivity index (χ1) is 18.1. The van der Waals surface area contributed by atoms with Crippen molar-refractivity contribution < 1.29 is 32.3 Å². The number of nitrogens with zero attached hydrogens (tertiary/aromatic N) is 1. The Kier molecular flexibility index (Phi) is 7.64. The molecule has 10 heteroatoms. The molecule has 4 rings (SSSR count). The van der Waals surface area contributed by atoms with Gasteiger partial charge in [-0.15, -0.1) is 0 Å². The maximum Gasteiger partial charge on any atom is 0.416 e. The van der Waals surface area contributed by atoms with E-state index in [0.29, 0.717) is 13.0 Å². The summed E-state index contributed by atoms with van der Waals surface area (Å²) in [6, 6.07) is 2.01. The van der Waals surface area contributed by atoms with E-state index in [1.165, 1.54) is 17.0 Å². The highest BCUT2D eigenvalue weighted by Crippen LogP contribution is 2.65. The second kappa shape index (κ2) is 10.2. The second-order valence-electron chi connectivity index (χ2n) is 13.0. The number of alkyl halides is 3. The molecule has 2 amide bonds. The summed E-state index contributed by atoms with van der Waals surface area (Å²) in [5.41, 5.74) is -1.55. The van der Waals surface area contributed by atoms with Crippen LogP contribution in [0.15, 0.2) is 24.3 Å². The molecule has 214 valence electrons. The maximum atomic E-state index is 14.0. The van der Waals surface area contributed by atoms with Crippen LogP contribution in [0.3, 0.4) is 0 Å². The van der Waals surface area contributed by atoms with E-state index >= 15 is 0 Å². The lowest BCUT2D eigenvalue weighted by atomic mass is 9.80. The van der Waals surface area contributed by atoms with Crippen LogP contribution in [0.4, 0.5) is 18.9 Å². The zero-order valence-electron chi connectivity index (χ0n) is 23.1. The molecule has 2 aliphatic carbocycles. The molecule has 2 N–H and O–H groups in total. The lowest BCUT2D eigenvalue weighted by Gasteiger charge is -2.38. The summed E-state index contributed by atoms with van der Waals surface area (Å²) in [7, 11) is 0. The molecule has 1 heterocycles. The molecule has 7 nitrogen and oxygen atoms in total. The number of hydrogen-bond donors (Lipinski definition) is 2. The van der Waals surface area contributed by atoms with Crippen LogP contribution in [0, 0.1) is 28.6 Å². The van der Waals surface area contributed by atoms with E-state index in [2.05, 4.69) is 10.6 Å². The number of carbonyl (C=O) groups excluding carboxylic acids is 4. The van der Waals surface area contributed by atoms with Gasteiger partial charge >= 0.3 is 6.18 Å². The van der Waals surface area contributed by atoms with Gasteiger partial charge in [0.25, 0.3) is 0 Å². The molecule has 0 radical (unpaired) electrons. The fraction of sp³-hybridized carbons (Fsp3) is 0.655. The van der Waals surface area contributed by atoms with E-state index in [4.69, 9.17) is 0 Å². The number of halogens is 3. The number of fused-ring (bicyclic) bond motifs is 1. The Hall–Kier alpha value is -2.91. The van der Waals surface area contributed by atoms with Gasteiger partial charge in [-0.05, 0) is 53.2 Å². The predicted molar refractivity (Wildman–Crippen MR) is 140 cm³/mol. The van der Waals surface area contributed by atoms with Crippen molar-refractivity contribution in [2.75, 3.05) is 11.9 Å². The summed E-state index contributed by atoms with van der Waals surface area (Å²) >= 11 is 0. The minimum Gasteiger partial charge on any atom is -0.373 e. The van der Waals surface area contributed by atoms with Gasteiger partial charge in [0.1, 0.15) is 12.1 Å². The van der Waals surface area contributed by atoms with Gasteiger partial charge in [-0.2, -0.15) is 13.2 Å². The Balaban J connectivity index is 1.58. The summed E-state index contributed by atoms with van der Waals surface area (Å²) in [4.78, 5) is 52.9. The number of carbonyl (C=O) groups is 4. The van der Waals surface area contributed by atoms with E-state index in [1.54, 1.807) is 0 Å². The molecular weight excluding hydrogens is 511 g/mol. The number of nitrogens with one attached hydrogen (secondary N) is 2. The van der Waals surface area contributed by atoms with Crippen molar-refractivity contribution in [3.8, 4) is 0 Å². The van der Waals surface area contributed by atoms with Gasteiger partial charge in [0.05, 0.1) is 11.6 Å². The van der Waals surface area contributed by atoms with E-state index in [1.807, 2.05) is 34.6 Å². The normalized spacial score (nSPS) is 25.6. The lowest BCUT2D eigenvalue weighted by molar-refractivity contribution is -0.143. The third-order valence-corrected chi connectivity index (χ3v) is 8.94. The lowest BCUT2D eigenvalue weighted by Crippen LogP contribution is -2.58. The van der Waals surface area contributed by atoms with Gasteiger partial charge < -0.3 is 15.5 Å². The van der Waals surface area contributed by atoms with Gasteiger partial charge in [0.2, 0.25) is 17.6 Å². The summed E-state index contributed by atoms with van der Waals surface area (Å²) in [6.45, 7) is 9.83. The molecule has 3 fully saturated rings.